The number of hydrogen-bond acceptors (Lipinski definition) is 2. The van der Waals surface area contributed by atoms with Gasteiger partial charge in [0.2, 0.25) is 0 Å². The number of rotatable bonds is 1. The molecule has 2 atom stereocenters. The third-order valence-electron chi connectivity index (χ3n) is 1.97. The van der Waals surface area contributed by atoms with Gasteiger partial charge in [-0.1, -0.05) is 22.6 Å². The highest BCUT2D eigenvalue weighted by Gasteiger charge is 2.30. The van der Waals surface area contributed by atoms with Crippen LogP contribution in [0.15, 0.2) is 0 Å². The molecule has 0 N–H and O–H groups in total. The molecule has 0 saturated carbocycles. The van der Waals surface area contributed by atoms with Crippen molar-refractivity contribution in [2.45, 2.75) is 23.3 Å². The fraction of sp³-hybridized carbons (Fsp3) is 0.857. The number of halogens is 1. The molecule has 0 aromatic carbocycles. The summed E-state index contributed by atoms with van der Waals surface area (Å²) in [5.41, 5.74) is 0. The Morgan fingerprint density at radius 1 is 1.70 bits per heavy atom. The predicted molar refractivity (Wildman–Crippen MR) is 49.5 cm³/mol. The van der Waals surface area contributed by atoms with Crippen molar-refractivity contribution in [1.29, 1.82) is 0 Å². The van der Waals surface area contributed by atoms with Crippen molar-refractivity contribution in [3.63, 3.8) is 0 Å². The molecule has 0 spiro atoms. The lowest BCUT2D eigenvalue weighted by molar-refractivity contribution is -0.120. The summed E-state index contributed by atoms with van der Waals surface area (Å²) in [5, 5.41) is 0. The number of nitrogens with zero attached hydrogens (tertiary/aromatic N) is 1. The third-order valence-corrected chi connectivity index (χ3v) is 2.87. The average molecular weight is 253 g/mol. The van der Waals surface area contributed by atoms with Crippen molar-refractivity contribution in [3.8, 4) is 0 Å². The van der Waals surface area contributed by atoms with Crippen LogP contribution >= 0.6 is 22.6 Å². The van der Waals surface area contributed by atoms with Crippen molar-refractivity contribution < 1.29 is 4.79 Å². The standard InChI is InChI=1S/C7H12INO/c1-5(10)7-3-6(8)4-9(7)2/h6-7H,3-4H2,1-2H3. The average Bonchev–Trinajstić information content (AvgIpc) is 2.10. The first kappa shape index (κ1) is 8.46. The van der Waals surface area contributed by atoms with Crippen LogP contribution in [0.25, 0.3) is 0 Å². The van der Waals surface area contributed by atoms with E-state index in [0.717, 1.165) is 13.0 Å². The Hall–Kier alpha value is 0.360. The van der Waals surface area contributed by atoms with Crippen LogP contribution in [0.4, 0.5) is 0 Å². The minimum absolute atomic E-state index is 0.196. The maximum Gasteiger partial charge on any atom is 0.146 e. The second-order valence-electron chi connectivity index (χ2n) is 2.90. The minimum Gasteiger partial charge on any atom is -0.298 e. The summed E-state index contributed by atoms with van der Waals surface area (Å²) in [4.78, 5) is 13.1. The number of ketones is 1. The van der Waals surface area contributed by atoms with Crippen molar-refractivity contribution in [2.24, 2.45) is 0 Å². The Morgan fingerprint density at radius 2 is 2.30 bits per heavy atom. The van der Waals surface area contributed by atoms with Gasteiger partial charge in [-0.25, -0.2) is 0 Å². The number of carbonyl (C=O) groups excluding carboxylic acids is 1. The van der Waals surface area contributed by atoms with Crippen LogP contribution in [-0.2, 0) is 4.79 Å². The lowest BCUT2D eigenvalue weighted by Crippen LogP contribution is -2.30. The van der Waals surface area contributed by atoms with E-state index in [9.17, 15) is 4.79 Å². The Morgan fingerprint density at radius 3 is 2.50 bits per heavy atom. The number of hydrogen-bond donors (Lipinski definition) is 0. The predicted octanol–water partition coefficient (Wildman–Crippen LogP) is 1.08. The van der Waals surface area contributed by atoms with E-state index in [2.05, 4.69) is 27.5 Å². The first-order chi connectivity index (χ1) is 4.61. The van der Waals surface area contributed by atoms with E-state index in [4.69, 9.17) is 0 Å². The van der Waals surface area contributed by atoms with Crippen molar-refractivity contribution >= 4 is 28.4 Å². The Bertz CT molecular complexity index is 149. The molecule has 10 heavy (non-hydrogen) atoms. The largest absolute Gasteiger partial charge is 0.298 e. The Labute approximate surface area is 75.1 Å². The molecule has 1 aliphatic heterocycles. The lowest BCUT2D eigenvalue weighted by Gasteiger charge is -2.14. The first-order valence-electron chi connectivity index (χ1n) is 3.46. The number of Topliss-reactive ketones (excluding diaryl/α,β-unsaturated/α-hetero) is 1. The van der Waals surface area contributed by atoms with Gasteiger partial charge >= 0.3 is 0 Å². The molecule has 58 valence electrons. The van der Waals surface area contributed by atoms with Crippen LogP contribution in [0.1, 0.15) is 13.3 Å². The topological polar surface area (TPSA) is 20.3 Å². The molecule has 0 aromatic heterocycles. The van der Waals surface area contributed by atoms with E-state index in [0.29, 0.717) is 9.71 Å². The molecule has 0 bridgehead atoms. The molecule has 2 unspecified atom stereocenters. The fourth-order valence-electron chi connectivity index (χ4n) is 1.41. The molecule has 1 rings (SSSR count). The smallest absolute Gasteiger partial charge is 0.146 e. The summed E-state index contributed by atoms with van der Waals surface area (Å²) in [6.07, 6.45) is 1.03. The second-order valence-corrected chi connectivity index (χ2v) is 4.66. The van der Waals surface area contributed by atoms with Crippen molar-refractivity contribution in [2.75, 3.05) is 13.6 Å². The molecule has 2 nitrogen and oxygen atoms in total. The highest BCUT2D eigenvalue weighted by Crippen LogP contribution is 2.22. The van der Waals surface area contributed by atoms with Gasteiger partial charge in [-0.3, -0.25) is 9.69 Å². The molecule has 1 fully saturated rings. The zero-order valence-corrected chi connectivity index (χ0v) is 8.46. The Kier molecular flexibility index (Phi) is 2.68. The van der Waals surface area contributed by atoms with E-state index in [1.807, 2.05) is 7.05 Å². The highest BCUT2D eigenvalue weighted by atomic mass is 127. The molecule has 0 aromatic rings. The number of likely N-dealkylation sites (N-methyl/N-ethyl adjacent to an activating group) is 1. The lowest BCUT2D eigenvalue weighted by atomic mass is 10.1. The molecule has 0 amide bonds. The van der Waals surface area contributed by atoms with Crippen molar-refractivity contribution in [1.82, 2.24) is 4.90 Å². The number of carbonyl (C=O) groups is 1. The van der Waals surface area contributed by atoms with E-state index in [-0.39, 0.29) is 6.04 Å². The number of likely N-dealkylation sites (tertiary alicyclic amines) is 1. The molecule has 0 aliphatic carbocycles. The molecular weight excluding hydrogens is 241 g/mol. The van der Waals surface area contributed by atoms with Crippen molar-refractivity contribution in [3.05, 3.63) is 0 Å². The van der Waals surface area contributed by atoms with Crippen LogP contribution in [-0.4, -0.2) is 34.2 Å². The maximum absolute atomic E-state index is 11.0. The van der Waals surface area contributed by atoms with E-state index in [1.165, 1.54) is 0 Å². The normalized spacial score (nSPS) is 34.7. The molecular formula is C7H12INO. The summed E-state index contributed by atoms with van der Waals surface area (Å²) in [6.45, 7) is 2.74. The van der Waals surface area contributed by atoms with Crippen LogP contribution in [0.3, 0.4) is 0 Å². The third kappa shape index (κ3) is 1.69. The van der Waals surface area contributed by atoms with Gasteiger partial charge in [0.1, 0.15) is 5.78 Å². The Balaban J connectivity index is 2.54. The zero-order valence-electron chi connectivity index (χ0n) is 6.30. The minimum atomic E-state index is 0.196. The van der Waals surface area contributed by atoms with Gasteiger partial charge in [0, 0.05) is 10.5 Å². The molecule has 3 heteroatoms. The highest BCUT2D eigenvalue weighted by molar-refractivity contribution is 14.1. The fourth-order valence-corrected chi connectivity index (χ4v) is 2.52. The van der Waals surface area contributed by atoms with Gasteiger partial charge in [0.25, 0.3) is 0 Å². The first-order valence-corrected chi connectivity index (χ1v) is 4.70. The van der Waals surface area contributed by atoms with Crippen LogP contribution in [0.5, 0.6) is 0 Å². The van der Waals surface area contributed by atoms with Gasteiger partial charge in [-0.2, -0.15) is 0 Å². The summed E-state index contributed by atoms with van der Waals surface area (Å²) < 4.78 is 0.663. The van der Waals surface area contributed by atoms with E-state index >= 15 is 0 Å². The molecule has 1 aliphatic rings. The summed E-state index contributed by atoms with van der Waals surface area (Å²) in [6, 6.07) is 0.196. The van der Waals surface area contributed by atoms with Crippen LogP contribution in [0.2, 0.25) is 0 Å². The van der Waals surface area contributed by atoms with E-state index in [1.54, 1.807) is 6.92 Å². The maximum atomic E-state index is 11.0. The summed E-state index contributed by atoms with van der Waals surface area (Å²) >= 11 is 2.40. The van der Waals surface area contributed by atoms with Gasteiger partial charge in [0.05, 0.1) is 6.04 Å². The van der Waals surface area contributed by atoms with Gasteiger partial charge in [-0.05, 0) is 20.4 Å². The van der Waals surface area contributed by atoms with E-state index < -0.39 is 0 Å². The van der Waals surface area contributed by atoms with Crippen LogP contribution < -0.4 is 0 Å². The summed E-state index contributed by atoms with van der Waals surface area (Å²) in [5.74, 6) is 0.307. The van der Waals surface area contributed by atoms with Gasteiger partial charge in [-0.15, -0.1) is 0 Å². The molecule has 1 saturated heterocycles. The van der Waals surface area contributed by atoms with Gasteiger partial charge < -0.3 is 0 Å². The van der Waals surface area contributed by atoms with Gasteiger partial charge in [0.15, 0.2) is 0 Å². The number of alkyl halides is 1. The summed E-state index contributed by atoms with van der Waals surface area (Å²) in [7, 11) is 2.02. The van der Waals surface area contributed by atoms with Crippen LogP contribution in [0, 0.1) is 0 Å². The molecule has 0 radical (unpaired) electrons. The zero-order chi connectivity index (χ0) is 7.72. The quantitative estimate of drug-likeness (QED) is 0.515. The monoisotopic (exact) mass is 253 g/mol. The SMILES string of the molecule is CC(=O)C1CC(I)CN1C. The second kappa shape index (κ2) is 3.17. The molecule has 1 heterocycles.